The zero-order valence-corrected chi connectivity index (χ0v) is 16.3. The van der Waals surface area contributed by atoms with E-state index in [-0.39, 0.29) is 11.9 Å². The topological polar surface area (TPSA) is 54.3 Å². The number of anilines is 1. The van der Waals surface area contributed by atoms with E-state index in [2.05, 4.69) is 51.1 Å². The van der Waals surface area contributed by atoms with E-state index < -0.39 is 0 Å². The van der Waals surface area contributed by atoms with Crippen LogP contribution in [0.2, 0.25) is 0 Å². The zero-order valence-electron chi connectivity index (χ0n) is 14.8. The molecule has 3 heterocycles. The molecule has 26 heavy (non-hydrogen) atoms. The number of aryl methyl sites for hydroxylation is 1. The second kappa shape index (κ2) is 6.72. The van der Waals surface area contributed by atoms with E-state index in [0.717, 1.165) is 34.3 Å². The predicted octanol–water partition coefficient (Wildman–Crippen LogP) is 3.08. The first-order chi connectivity index (χ1) is 12.5. The van der Waals surface area contributed by atoms with Gasteiger partial charge in [0.05, 0.1) is 17.3 Å². The summed E-state index contributed by atoms with van der Waals surface area (Å²) in [7, 11) is 1.82. The van der Waals surface area contributed by atoms with Gasteiger partial charge in [-0.25, -0.2) is 4.98 Å². The zero-order chi connectivity index (χ0) is 18.3. The molecule has 2 aromatic heterocycles. The average Bonchev–Trinajstić information content (AvgIpc) is 3.07. The van der Waals surface area contributed by atoms with E-state index in [1.165, 1.54) is 0 Å². The van der Waals surface area contributed by atoms with Crippen LogP contribution in [0.3, 0.4) is 0 Å². The number of rotatable bonds is 2. The highest BCUT2D eigenvalue weighted by Gasteiger charge is 2.29. The molecule has 0 saturated carbocycles. The highest BCUT2D eigenvalue weighted by molar-refractivity contribution is 9.10. The Balaban J connectivity index is 1.52. The van der Waals surface area contributed by atoms with Crippen LogP contribution in [0.4, 0.5) is 5.82 Å². The molecule has 0 bridgehead atoms. The van der Waals surface area contributed by atoms with Crippen LogP contribution in [0.1, 0.15) is 17.3 Å². The molecule has 0 aliphatic carbocycles. The number of hydrogen-bond donors (Lipinski definition) is 0. The number of benzene rings is 1. The third kappa shape index (κ3) is 3.19. The van der Waals surface area contributed by atoms with E-state index in [4.69, 9.17) is 4.98 Å². The number of fused-ring (bicyclic) bond motifs is 1. The van der Waals surface area contributed by atoms with Gasteiger partial charge < -0.3 is 9.80 Å². The molecule has 3 aromatic rings. The van der Waals surface area contributed by atoms with Crippen molar-refractivity contribution in [3.05, 3.63) is 52.8 Å². The van der Waals surface area contributed by atoms with Crippen molar-refractivity contribution in [1.82, 2.24) is 19.7 Å². The highest BCUT2D eigenvalue weighted by Crippen LogP contribution is 2.24. The van der Waals surface area contributed by atoms with Gasteiger partial charge in [-0.3, -0.25) is 9.48 Å². The van der Waals surface area contributed by atoms with Gasteiger partial charge in [-0.1, -0.05) is 22.0 Å². The number of pyridine rings is 1. The van der Waals surface area contributed by atoms with Crippen molar-refractivity contribution in [2.75, 3.05) is 24.5 Å². The van der Waals surface area contributed by atoms with Crippen molar-refractivity contribution in [2.45, 2.75) is 13.0 Å². The van der Waals surface area contributed by atoms with Crippen LogP contribution in [-0.2, 0) is 7.05 Å². The Hall–Kier alpha value is -2.41. The molecule has 0 spiro atoms. The van der Waals surface area contributed by atoms with Gasteiger partial charge in [0.25, 0.3) is 5.91 Å². The Morgan fingerprint density at radius 1 is 1.23 bits per heavy atom. The van der Waals surface area contributed by atoms with E-state index in [1.807, 2.05) is 24.1 Å². The molecule has 1 atom stereocenters. The van der Waals surface area contributed by atoms with Gasteiger partial charge in [0.15, 0.2) is 0 Å². The predicted molar refractivity (Wildman–Crippen MR) is 105 cm³/mol. The minimum atomic E-state index is 0.0423. The number of halogens is 1. The molecule has 6 nitrogen and oxygen atoms in total. The standard InChI is InChI=1S/C19H20BrN5O/c1-13-11-24(7-8-25(13)19(26)15-10-21-23(2)12-15)18-6-4-14-3-5-16(20)9-17(14)22-18/h3-6,9-10,12-13H,7-8,11H2,1-2H3. The van der Waals surface area contributed by atoms with Crippen LogP contribution in [0, 0.1) is 0 Å². The summed E-state index contributed by atoms with van der Waals surface area (Å²) in [6, 6.07) is 10.4. The number of carbonyl (C=O) groups excluding carboxylic acids is 1. The van der Waals surface area contributed by atoms with Gasteiger partial charge in [-0.15, -0.1) is 0 Å². The van der Waals surface area contributed by atoms with Crippen molar-refractivity contribution in [3.8, 4) is 0 Å². The maximum absolute atomic E-state index is 12.7. The second-order valence-electron chi connectivity index (χ2n) is 6.70. The van der Waals surface area contributed by atoms with E-state index in [1.54, 1.807) is 17.1 Å². The van der Waals surface area contributed by atoms with E-state index in [9.17, 15) is 4.79 Å². The fraction of sp³-hybridized carbons (Fsp3) is 0.316. The SMILES string of the molecule is CC1CN(c2ccc3ccc(Br)cc3n2)CCN1C(=O)c1cnn(C)c1. The molecule has 4 rings (SSSR count). The Bertz CT molecular complexity index is 969. The molecule has 1 fully saturated rings. The summed E-state index contributed by atoms with van der Waals surface area (Å²) in [5.41, 5.74) is 1.61. The molecule has 0 N–H and O–H groups in total. The summed E-state index contributed by atoms with van der Waals surface area (Å²) < 4.78 is 2.68. The Morgan fingerprint density at radius 2 is 2.04 bits per heavy atom. The molecule has 0 radical (unpaired) electrons. The summed E-state index contributed by atoms with van der Waals surface area (Å²) in [6.07, 6.45) is 3.40. The maximum Gasteiger partial charge on any atom is 0.257 e. The van der Waals surface area contributed by atoms with Crippen molar-refractivity contribution < 1.29 is 4.79 Å². The summed E-state index contributed by atoms with van der Waals surface area (Å²) in [5.74, 6) is 0.997. The van der Waals surface area contributed by atoms with Crippen LogP contribution in [-0.4, -0.2) is 51.2 Å². The minimum absolute atomic E-state index is 0.0423. The van der Waals surface area contributed by atoms with Gasteiger partial charge in [-0.05, 0) is 31.2 Å². The van der Waals surface area contributed by atoms with Crippen molar-refractivity contribution in [1.29, 1.82) is 0 Å². The van der Waals surface area contributed by atoms with Crippen molar-refractivity contribution >= 4 is 38.6 Å². The summed E-state index contributed by atoms with van der Waals surface area (Å²) in [5, 5.41) is 5.22. The molecule has 1 saturated heterocycles. The molecule has 1 aliphatic heterocycles. The first-order valence-corrected chi connectivity index (χ1v) is 9.41. The van der Waals surface area contributed by atoms with Gasteiger partial charge in [0.2, 0.25) is 0 Å². The Kier molecular flexibility index (Phi) is 4.40. The van der Waals surface area contributed by atoms with Crippen LogP contribution in [0.15, 0.2) is 47.2 Å². The molecule has 7 heteroatoms. The smallest absolute Gasteiger partial charge is 0.257 e. The fourth-order valence-electron chi connectivity index (χ4n) is 3.42. The lowest BCUT2D eigenvalue weighted by atomic mass is 10.1. The second-order valence-corrected chi connectivity index (χ2v) is 7.62. The Labute approximate surface area is 160 Å². The lowest BCUT2D eigenvalue weighted by molar-refractivity contribution is 0.0673. The Morgan fingerprint density at radius 3 is 2.77 bits per heavy atom. The molecule has 1 unspecified atom stereocenters. The summed E-state index contributed by atoms with van der Waals surface area (Å²) >= 11 is 3.51. The van der Waals surface area contributed by atoms with E-state index in [0.29, 0.717) is 12.1 Å². The number of carbonyl (C=O) groups is 1. The monoisotopic (exact) mass is 413 g/mol. The fourth-order valence-corrected chi connectivity index (χ4v) is 3.77. The minimum Gasteiger partial charge on any atom is -0.353 e. The lowest BCUT2D eigenvalue weighted by Gasteiger charge is -2.40. The molecule has 1 aromatic carbocycles. The van der Waals surface area contributed by atoms with Crippen molar-refractivity contribution in [2.24, 2.45) is 7.05 Å². The average molecular weight is 414 g/mol. The summed E-state index contributed by atoms with van der Waals surface area (Å²) in [4.78, 5) is 21.7. The number of nitrogens with zero attached hydrogens (tertiary/aromatic N) is 5. The third-order valence-electron chi connectivity index (χ3n) is 4.80. The number of amides is 1. The molecule has 134 valence electrons. The first-order valence-electron chi connectivity index (χ1n) is 8.62. The molecular weight excluding hydrogens is 394 g/mol. The summed E-state index contributed by atoms with van der Waals surface area (Å²) in [6.45, 7) is 4.28. The van der Waals surface area contributed by atoms with E-state index >= 15 is 0 Å². The molecule has 1 amide bonds. The van der Waals surface area contributed by atoms with Gasteiger partial charge in [-0.2, -0.15) is 5.10 Å². The lowest BCUT2D eigenvalue weighted by Crippen LogP contribution is -2.54. The quantitative estimate of drug-likeness (QED) is 0.647. The number of hydrogen-bond acceptors (Lipinski definition) is 4. The van der Waals surface area contributed by atoms with Crippen LogP contribution in [0.5, 0.6) is 0 Å². The largest absolute Gasteiger partial charge is 0.353 e. The van der Waals surface area contributed by atoms with Gasteiger partial charge >= 0.3 is 0 Å². The van der Waals surface area contributed by atoms with Crippen LogP contribution < -0.4 is 4.90 Å². The molecule has 1 aliphatic rings. The normalized spacial score (nSPS) is 17.7. The van der Waals surface area contributed by atoms with Crippen molar-refractivity contribution in [3.63, 3.8) is 0 Å². The maximum atomic E-state index is 12.7. The number of aromatic nitrogens is 3. The molecular formula is C19H20BrN5O. The third-order valence-corrected chi connectivity index (χ3v) is 5.30. The number of piperazine rings is 1. The van der Waals surface area contributed by atoms with Gasteiger partial charge in [0, 0.05) is 48.8 Å². The van der Waals surface area contributed by atoms with Crippen LogP contribution >= 0.6 is 15.9 Å². The highest BCUT2D eigenvalue weighted by atomic mass is 79.9. The van der Waals surface area contributed by atoms with Gasteiger partial charge in [0.1, 0.15) is 5.82 Å². The first kappa shape index (κ1) is 17.0. The van der Waals surface area contributed by atoms with Crippen LogP contribution in [0.25, 0.3) is 10.9 Å².